The van der Waals surface area contributed by atoms with Crippen LogP contribution in [0.15, 0.2) is 122 Å². The first-order chi connectivity index (χ1) is 19.2. The van der Waals surface area contributed by atoms with Gasteiger partial charge in [-0.25, -0.2) is 4.98 Å². The van der Waals surface area contributed by atoms with Gasteiger partial charge >= 0.3 is 0 Å². The van der Waals surface area contributed by atoms with Gasteiger partial charge in [0, 0.05) is 10.8 Å². The second-order valence-electron chi connectivity index (χ2n) is 10.2. The van der Waals surface area contributed by atoms with Gasteiger partial charge in [0.15, 0.2) is 0 Å². The van der Waals surface area contributed by atoms with Gasteiger partial charge in [-0.3, -0.25) is 4.40 Å². The third-order valence-corrected chi connectivity index (χ3v) is 8.01. The first-order valence-electron chi connectivity index (χ1n) is 13.2. The van der Waals surface area contributed by atoms with Crippen molar-refractivity contribution in [2.75, 3.05) is 0 Å². The second kappa shape index (κ2) is 8.14. The fraction of sp³-hybridized carbons (Fsp3) is 0. The van der Waals surface area contributed by atoms with Crippen LogP contribution in [0.4, 0.5) is 0 Å². The molecule has 182 valence electrons. The molecule has 39 heavy (non-hydrogen) atoms. The van der Waals surface area contributed by atoms with E-state index in [4.69, 9.17) is 4.98 Å². The fourth-order valence-electron chi connectivity index (χ4n) is 6.19. The molecule has 8 aromatic rings. The van der Waals surface area contributed by atoms with Gasteiger partial charge in [-0.15, -0.1) is 0 Å². The predicted molar refractivity (Wildman–Crippen MR) is 168 cm³/mol. The zero-order chi connectivity index (χ0) is 26.1. The van der Waals surface area contributed by atoms with Crippen molar-refractivity contribution in [3.05, 3.63) is 132 Å². The molecule has 0 atom stereocenters. The maximum atomic E-state index is 5.10. The summed E-state index contributed by atoms with van der Waals surface area (Å²) < 4.78 is 2.29. The molecule has 0 aliphatic rings. The molecular formula is C37H24N2. The number of hydrogen-bond acceptors (Lipinski definition) is 1. The normalized spacial score (nSPS) is 12.5. The molecular weight excluding hydrogens is 472 g/mol. The van der Waals surface area contributed by atoms with Crippen LogP contribution in [0.25, 0.3) is 83.7 Å². The number of hydrogen-bond donors (Lipinski definition) is 0. The predicted octanol–water partition coefficient (Wildman–Crippen LogP) is 8.14. The number of fused-ring (bicyclic) bond motifs is 11. The van der Waals surface area contributed by atoms with Gasteiger partial charge in [0.2, 0.25) is 0 Å². The van der Waals surface area contributed by atoms with E-state index >= 15 is 0 Å². The van der Waals surface area contributed by atoms with E-state index in [0.717, 1.165) is 38.0 Å². The van der Waals surface area contributed by atoms with Crippen LogP contribution < -0.4 is 10.4 Å². The summed E-state index contributed by atoms with van der Waals surface area (Å²) in [5, 5.41) is 10.6. The molecule has 2 nitrogen and oxygen atoms in total. The molecule has 2 aromatic heterocycles. The van der Waals surface area contributed by atoms with Crippen molar-refractivity contribution < 1.29 is 0 Å². The third-order valence-electron chi connectivity index (χ3n) is 8.01. The molecule has 2 heterocycles. The number of para-hydroxylation sites is 2. The van der Waals surface area contributed by atoms with Crippen molar-refractivity contribution in [1.29, 1.82) is 0 Å². The highest BCUT2D eigenvalue weighted by Gasteiger charge is 2.15. The molecule has 0 saturated heterocycles. The number of nitrogens with zero attached hydrogens (tertiary/aromatic N) is 2. The molecule has 0 amide bonds. The van der Waals surface area contributed by atoms with Crippen molar-refractivity contribution >= 4 is 72.6 Å². The molecule has 8 rings (SSSR count). The lowest BCUT2D eigenvalue weighted by molar-refractivity contribution is 1.31. The highest BCUT2D eigenvalue weighted by Crippen LogP contribution is 2.35. The average molecular weight is 497 g/mol. The van der Waals surface area contributed by atoms with Gasteiger partial charge in [0.1, 0.15) is 5.65 Å². The Morgan fingerprint density at radius 2 is 1.36 bits per heavy atom. The van der Waals surface area contributed by atoms with E-state index in [2.05, 4.69) is 121 Å². The van der Waals surface area contributed by atoms with Crippen LogP contribution in [0.3, 0.4) is 0 Å². The van der Waals surface area contributed by atoms with E-state index in [9.17, 15) is 0 Å². The van der Waals surface area contributed by atoms with Gasteiger partial charge in [-0.2, -0.15) is 0 Å². The van der Waals surface area contributed by atoms with Crippen molar-refractivity contribution in [1.82, 2.24) is 9.38 Å². The lowest BCUT2D eigenvalue weighted by atomic mass is 9.95. The first-order valence-corrected chi connectivity index (χ1v) is 13.2. The summed E-state index contributed by atoms with van der Waals surface area (Å²) in [7, 11) is 0. The summed E-state index contributed by atoms with van der Waals surface area (Å²) in [4.78, 5) is 5.10. The van der Waals surface area contributed by atoms with E-state index < -0.39 is 0 Å². The van der Waals surface area contributed by atoms with Crippen LogP contribution in [0.2, 0.25) is 0 Å². The summed E-state index contributed by atoms with van der Waals surface area (Å²) in [5.74, 6) is 0. The Kier molecular flexibility index (Phi) is 4.56. The van der Waals surface area contributed by atoms with Crippen LogP contribution >= 0.6 is 0 Å². The molecule has 0 aliphatic carbocycles. The standard InChI is InChI=1S/C37H24N2/c1-3-8-28-23(2)13-18-31-32-22-26(25-16-19-30-27(21-25)15-14-24-9-4-5-10-29(24)30)17-20-34(32)39-35-12-7-6-11-33(35)38-37(39)36(28)31/h3-22H,1-2H2/b28-8+. The zero-order valence-corrected chi connectivity index (χ0v) is 21.4. The van der Waals surface area contributed by atoms with E-state index in [1.807, 2.05) is 18.2 Å². The lowest BCUT2D eigenvalue weighted by Crippen LogP contribution is -2.24. The molecule has 0 unspecified atom stereocenters. The highest BCUT2D eigenvalue weighted by molar-refractivity contribution is 6.15. The maximum absolute atomic E-state index is 5.10. The van der Waals surface area contributed by atoms with Gasteiger partial charge < -0.3 is 0 Å². The average Bonchev–Trinajstić information content (AvgIpc) is 3.37. The van der Waals surface area contributed by atoms with Crippen molar-refractivity contribution in [2.45, 2.75) is 0 Å². The number of imidazole rings is 1. The van der Waals surface area contributed by atoms with Gasteiger partial charge in [-0.1, -0.05) is 104 Å². The third kappa shape index (κ3) is 3.12. The number of allylic oxidation sites excluding steroid dienone is 1. The Balaban J connectivity index is 1.49. The molecule has 0 fully saturated rings. The molecule has 2 heteroatoms. The molecule has 0 spiro atoms. The summed E-state index contributed by atoms with van der Waals surface area (Å²) in [6.07, 6.45) is 3.88. The molecule has 0 N–H and O–H groups in total. The fourth-order valence-corrected chi connectivity index (χ4v) is 6.19. The van der Waals surface area contributed by atoms with Crippen LogP contribution in [0.1, 0.15) is 0 Å². The smallest absolute Gasteiger partial charge is 0.147 e. The van der Waals surface area contributed by atoms with Gasteiger partial charge in [0.25, 0.3) is 0 Å². The number of rotatable bonds is 2. The first kappa shape index (κ1) is 21.8. The minimum Gasteiger partial charge on any atom is -0.292 e. The second-order valence-corrected chi connectivity index (χ2v) is 10.2. The quantitative estimate of drug-likeness (QED) is 0.221. The summed E-state index contributed by atoms with van der Waals surface area (Å²) in [6, 6.07) is 39.3. The minimum atomic E-state index is 0.947. The summed E-state index contributed by atoms with van der Waals surface area (Å²) >= 11 is 0. The van der Waals surface area contributed by atoms with Crippen LogP contribution in [0.5, 0.6) is 0 Å². The van der Waals surface area contributed by atoms with E-state index in [-0.39, 0.29) is 0 Å². The molecule has 0 radical (unpaired) electrons. The lowest BCUT2D eigenvalue weighted by Gasteiger charge is -2.13. The van der Waals surface area contributed by atoms with Gasteiger partial charge in [-0.05, 0) is 78.8 Å². The topological polar surface area (TPSA) is 17.3 Å². The Hall–Kier alpha value is -5.21. The summed E-state index contributed by atoms with van der Waals surface area (Å²) in [5.41, 5.74) is 6.57. The SMILES string of the molecule is C=C/C=c1\c(=C)ccc2c3cc(-c4ccc5c(ccc6ccccc65)c4)ccc3n3c4ccccc4nc3c12. The minimum absolute atomic E-state index is 0.947. The molecule has 0 saturated carbocycles. The van der Waals surface area contributed by atoms with E-state index in [1.165, 1.54) is 43.4 Å². The van der Waals surface area contributed by atoms with Crippen LogP contribution in [-0.4, -0.2) is 9.38 Å². The Morgan fingerprint density at radius 3 is 2.28 bits per heavy atom. The maximum Gasteiger partial charge on any atom is 0.147 e. The van der Waals surface area contributed by atoms with E-state index in [1.54, 1.807) is 0 Å². The van der Waals surface area contributed by atoms with Crippen LogP contribution in [-0.2, 0) is 0 Å². The van der Waals surface area contributed by atoms with Crippen molar-refractivity contribution in [3.8, 4) is 11.1 Å². The molecule has 0 bridgehead atoms. The zero-order valence-electron chi connectivity index (χ0n) is 21.4. The van der Waals surface area contributed by atoms with Crippen molar-refractivity contribution in [3.63, 3.8) is 0 Å². The van der Waals surface area contributed by atoms with E-state index in [0.29, 0.717) is 0 Å². The Bertz CT molecular complexity index is 2430. The van der Waals surface area contributed by atoms with Gasteiger partial charge in [0.05, 0.1) is 16.6 Å². The highest BCUT2D eigenvalue weighted by atomic mass is 15.0. The Labute approximate surface area is 225 Å². The largest absolute Gasteiger partial charge is 0.292 e. The monoisotopic (exact) mass is 496 g/mol. The summed E-state index contributed by atoms with van der Waals surface area (Å²) in [6.45, 7) is 8.31. The number of aromatic nitrogens is 2. The molecule has 0 aliphatic heterocycles. The molecule has 6 aromatic carbocycles. The van der Waals surface area contributed by atoms with Crippen LogP contribution in [0, 0.1) is 0 Å². The Morgan fingerprint density at radius 1 is 0.615 bits per heavy atom. The number of pyridine rings is 1. The number of benzene rings is 6. The van der Waals surface area contributed by atoms with Crippen molar-refractivity contribution in [2.24, 2.45) is 0 Å².